The van der Waals surface area contributed by atoms with Crippen LogP contribution in [0.25, 0.3) is 10.8 Å². The van der Waals surface area contributed by atoms with E-state index in [4.69, 9.17) is 10.5 Å². The van der Waals surface area contributed by atoms with Crippen molar-refractivity contribution in [3.8, 4) is 0 Å². The van der Waals surface area contributed by atoms with Crippen LogP contribution in [0.5, 0.6) is 0 Å². The van der Waals surface area contributed by atoms with Gasteiger partial charge >= 0.3 is 12.1 Å². The van der Waals surface area contributed by atoms with Crippen LogP contribution in [-0.2, 0) is 9.53 Å². The summed E-state index contributed by atoms with van der Waals surface area (Å²) in [5.74, 6) is -1.83. The van der Waals surface area contributed by atoms with Crippen LogP contribution in [0.4, 0.5) is 10.5 Å². The number of benzene rings is 2. The first-order valence-corrected chi connectivity index (χ1v) is 9.22. The molecule has 8 nitrogen and oxygen atoms in total. The lowest BCUT2D eigenvalue weighted by Crippen LogP contribution is -2.54. The van der Waals surface area contributed by atoms with Crippen molar-refractivity contribution in [2.75, 3.05) is 12.3 Å². The standard InChI is InChI=1S/C21H27N3O5/c1-20(2,3)29-19(28)23-10-9-21(4,18(26)27)24-17(25)15-11-13-7-5-6-8-14(13)12-16(15)22/h5-8,11-12H,9-10,22H2,1-4H3,(H,23,28)(H,24,25)(H,26,27)/t21-/m0/s1. The average Bonchev–Trinajstić information content (AvgIpc) is 2.59. The van der Waals surface area contributed by atoms with Gasteiger partial charge in [0.2, 0.25) is 0 Å². The molecule has 0 aliphatic rings. The number of hydrogen-bond donors (Lipinski definition) is 4. The fraction of sp³-hybridized carbons (Fsp3) is 0.381. The molecule has 0 aromatic heterocycles. The lowest BCUT2D eigenvalue weighted by Gasteiger charge is -2.27. The molecule has 0 bridgehead atoms. The third kappa shape index (κ3) is 5.84. The van der Waals surface area contributed by atoms with Gasteiger partial charge in [-0.3, -0.25) is 4.79 Å². The molecule has 0 aliphatic heterocycles. The van der Waals surface area contributed by atoms with Gasteiger partial charge in [0.15, 0.2) is 0 Å². The van der Waals surface area contributed by atoms with Gasteiger partial charge in [-0.1, -0.05) is 24.3 Å². The number of hydrogen-bond acceptors (Lipinski definition) is 5. The molecule has 8 heteroatoms. The van der Waals surface area contributed by atoms with Gasteiger partial charge in [-0.05, 0) is 57.0 Å². The minimum atomic E-state index is -1.61. The fourth-order valence-corrected chi connectivity index (χ4v) is 2.72. The van der Waals surface area contributed by atoms with Crippen LogP contribution in [-0.4, -0.2) is 40.8 Å². The highest BCUT2D eigenvalue weighted by molar-refractivity contribution is 6.05. The number of aliphatic carboxylic acids is 1. The van der Waals surface area contributed by atoms with E-state index in [1.165, 1.54) is 6.92 Å². The zero-order valence-corrected chi connectivity index (χ0v) is 17.0. The summed E-state index contributed by atoms with van der Waals surface area (Å²) < 4.78 is 5.12. The number of carbonyl (C=O) groups excluding carboxylic acids is 2. The Morgan fingerprint density at radius 1 is 1.07 bits per heavy atom. The first kappa shape index (κ1) is 22.0. The lowest BCUT2D eigenvalue weighted by molar-refractivity contribution is -0.144. The zero-order valence-electron chi connectivity index (χ0n) is 17.0. The van der Waals surface area contributed by atoms with E-state index >= 15 is 0 Å². The van der Waals surface area contributed by atoms with Gasteiger partial charge in [-0.2, -0.15) is 0 Å². The zero-order chi connectivity index (χ0) is 21.8. The van der Waals surface area contributed by atoms with Crippen molar-refractivity contribution >= 4 is 34.4 Å². The van der Waals surface area contributed by atoms with Gasteiger partial charge < -0.3 is 26.2 Å². The molecule has 156 valence electrons. The SMILES string of the molecule is CC(C)(C)OC(=O)NCC[C@](C)(NC(=O)c1cc2ccccc2cc1N)C(=O)O. The van der Waals surface area contributed by atoms with E-state index in [1.54, 1.807) is 32.9 Å². The molecule has 2 aromatic carbocycles. The molecule has 0 heterocycles. The van der Waals surface area contributed by atoms with E-state index in [0.29, 0.717) is 0 Å². The fourth-order valence-electron chi connectivity index (χ4n) is 2.72. The molecule has 0 unspecified atom stereocenters. The molecular weight excluding hydrogens is 374 g/mol. The number of nitrogen functional groups attached to an aromatic ring is 1. The smallest absolute Gasteiger partial charge is 0.407 e. The van der Waals surface area contributed by atoms with Crippen molar-refractivity contribution in [1.82, 2.24) is 10.6 Å². The Bertz CT molecular complexity index is 936. The van der Waals surface area contributed by atoms with E-state index in [-0.39, 0.29) is 24.2 Å². The van der Waals surface area contributed by atoms with Crippen molar-refractivity contribution < 1.29 is 24.2 Å². The molecule has 0 fully saturated rings. The normalized spacial score (nSPS) is 13.4. The Morgan fingerprint density at radius 3 is 2.21 bits per heavy atom. The maximum absolute atomic E-state index is 12.7. The van der Waals surface area contributed by atoms with E-state index in [9.17, 15) is 19.5 Å². The number of amides is 2. The van der Waals surface area contributed by atoms with Crippen LogP contribution in [0.15, 0.2) is 36.4 Å². The molecule has 2 amide bonds. The first-order chi connectivity index (χ1) is 13.4. The molecule has 1 atom stereocenters. The predicted octanol–water partition coefficient (Wildman–Crippen LogP) is 2.91. The number of alkyl carbamates (subject to hydrolysis) is 1. The van der Waals surface area contributed by atoms with Crippen LogP contribution in [0, 0.1) is 0 Å². The summed E-state index contributed by atoms with van der Waals surface area (Å²) >= 11 is 0. The van der Waals surface area contributed by atoms with Crippen molar-refractivity contribution in [2.45, 2.75) is 45.3 Å². The molecule has 0 spiro atoms. The van der Waals surface area contributed by atoms with Gasteiger partial charge in [0, 0.05) is 12.2 Å². The summed E-state index contributed by atoms with van der Waals surface area (Å²) in [5, 5.41) is 16.3. The van der Waals surface area contributed by atoms with Gasteiger partial charge in [0.05, 0.1) is 5.56 Å². The summed E-state index contributed by atoms with van der Waals surface area (Å²) in [6, 6.07) is 10.7. The Morgan fingerprint density at radius 2 is 1.66 bits per heavy atom. The monoisotopic (exact) mass is 401 g/mol. The second kappa shape index (κ2) is 8.38. The summed E-state index contributed by atoms with van der Waals surface area (Å²) in [5.41, 5.74) is 4.17. The molecule has 0 aliphatic carbocycles. The minimum absolute atomic E-state index is 0.00515. The van der Waals surface area contributed by atoms with Crippen molar-refractivity contribution in [1.29, 1.82) is 0 Å². The largest absolute Gasteiger partial charge is 0.480 e. The Hall–Kier alpha value is -3.29. The summed E-state index contributed by atoms with van der Waals surface area (Å²) in [6.07, 6.45) is -0.698. The highest BCUT2D eigenvalue weighted by atomic mass is 16.6. The van der Waals surface area contributed by atoms with Crippen molar-refractivity contribution in [2.24, 2.45) is 0 Å². The van der Waals surface area contributed by atoms with E-state index in [1.807, 2.05) is 24.3 Å². The Labute approximate surface area is 169 Å². The summed E-state index contributed by atoms with van der Waals surface area (Å²) in [4.78, 5) is 36.3. The predicted molar refractivity (Wildman–Crippen MR) is 111 cm³/mol. The molecule has 0 saturated carbocycles. The van der Waals surface area contributed by atoms with Crippen LogP contribution in [0.3, 0.4) is 0 Å². The molecular formula is C21H27N3O5. The quantitative estimate of drug-likeness (QED) is 0.551. The average molecular weight is 401 g/mol. The van der Waals surface area contributed by atoms with Gasteiger partial charge in [-0.15, -0.1) is 0 Å². The highest BCUT2D eigenvalue weighted by Gasteiger charge is 2.35. The molecule has 5 N–H and O–H groups in total. The molecule has 0 radical (unpaired) electrons. The van der Waals surface area contributed by atoms with E-state index in [2.05, 4.69) is 10.6 Å². The van der Waals surface area contributed by atoms with E-state index in [0.717, 1.165) is 10.8 Å². The molecule has 2 rings (SSSR count). The number of nitrogens with one attached hydrogen (secondary N) is 2. The first-order valence-electron chi connectivity index (χ1n) is 9.22. The topological polar surface area (TPSA) is 131 Å². The van der Waals surface area contributed by atoms with Gasteiger partial charge in [-0.25, -0.2) is 9.59 Å². The second-order valence-corrected chi connectivity index (χ2v) is 8.06. The van der Waals surface area contributed by atoms with Crippen LogP contribution in [0.1, 0.15) is 44.5 Å². The van der Waals surface area contributed by atoms with Crippen molar-refractivity contribution in [3.63, 3.8) is 0 Å². The molecule has 29 heavy (non-hydrogen) atoms. The number of carbonyl (C=O) groups is 3. The second-order valence-electron chi connectivity index (χ2n) is 8.06. The van der Waals surface area contributed by atoms with Crippen LogP contribution < -0.4 is 16.4 Å². The maximum Gasteiger partial charge on any atom is 0.407 e. The van der Waals surface area contributed by atoms with Crippen LogP contribution in [0.2, 0.25) is 0 Å². The summed E-state index contributed by atoms with van der Waals surface area (Å²) in [6.45, 7) is 6.55. The Kier molecular flexibility index (Phi) is 6.36. The van der Waals surface area contributed by atoms with E-state index < -0.39 is 29.1 Å². The third-order valence-corrected chi connectivity index (χ3v) is 4.32. The summed E-state index contributed by atoms with van der Waals surface area (Å²) in [7, 11) is 0. The lowest BCUT2D eigenvalue weighted by atomic mass is 9.96. The number of fused-ring (bicyclic) bond motifs is 1. The van der Waals surface area contributed by atoms with Crippen molar-refractivity contribution in [3.05, 3.63) is 42.0 Å². The third-order valence-electron chi connectivity index (χ3n) is 4.32. The Balaban J connectivity index is 2.11. The number of rotatable bonds is 6. The minimum Gasteiger partial charge on any atom is -0.480 e. The number of nitrogens with two attached hydrogens (primary N) is 1. The number of anilines is 1. The molecule has 0 saturated heterocycles. The van der Waals surface area contributed by atoms with Crippen LogP contribution >= 0.6 is 0 Å². The highest BCUT2D eigenvalue weighted by Crippen LogP contribution is 2.23. The number of ether oxygens (including phenoxy) is 1. The van der Waals surface area contributed by atoms with Gasteiger partial charge in [0.25, 0.3) is 5.91 Å². The molecule has 2 aromatic rings. The number of carboxylic acids is 1. The number of carboxylic acid groups (broad SMARTS) is 1. The van der Waals surface area contributed by atoms with Gasteiger partial charge in [0.1, 0.15) is 11.1 Å². The maximum atomic E-state index is 12.7.